The van der Waals surface area contributed by atoms with Gasteiger partial charge in [0.15, 0.2) is 0 Å². The third-order valence-corrected chi connectivity index (χ3v) is 6.63. The Labute approximate surface area is 223 Å². The van der Waals surface area contributed by atoms with E-state index in [1.807, 2.05) is 32.0 Å². The zero-order valence-corrected chi connectivity index (χ0v) is 22.1. The fourth-order valence-corrected chi connectivity index (χ4v) is 4.75. The highest BCUT2D eigenvalue weighted by atomic mass is 19.1. The van der Waals surface area contributed by atoms with E-state index in [-0.39, 0.29) is 17.8 Å². The summed E-state index contributed by atoms with van der Waals surface area (Å²) in [5.74, 6) is 0.981. The number of likely N-dealkylation sites (tertiary alicyclic amines) is 1. The van der Waals surface area contributed by atoms with E-state index in [1.165, 1.54) is 18.3 Å². The molecule has 1 saturated heterocycles. The number of aryl methyl sites for hydroxylation is 1. The van der Waals surface area contributed by atoms with Crippen molar-refractivity contribution in [2.24, 2.45) is 0 Å². The predicted molar refractivity (Wildman–Crippen MR) is 144 cm³/mol. The van der Waals surface area contributed by atoms with Crippen molar-refractivity contribution >= 4 is 5.91 Å². The van der Waals surface area contributed by atoms with Crippen LogP contribution in [0.3, 0.4) is 0 Å². The fraction of sp³-hybridized carbons (Fsp3) is 0.367. The van der Waals surface area contributed by atoms with Crippen molar-refractivity contribution in [3.8, 4) is 28.7 Å². The smallest absolute Gasteiger partial charge is 0.253 e. The number of carbonyl (C=O) groups excluding carboxylic acids is 1. The molecule has 4 rings (SSSR count). The van der Waals surface area contributed by atoms with E-state index in [0.717, 1.165) is 49.2 Å². The number of nitrogens with zero attached hydrogens (tertiary/aromatic N) is 3. The van der Waals surface area contributed by atoms with E-state index in [9.17, 15) is 9.18 Å². The second-order valence-electron chi connectivity index (χ2n) is 9.37. The summed E-state index contributed by atoms with van der Waals surface area (Å²) in [6.07, 6.45) is 3.12. The summed E-state index contributed by atoms with van der Waals surface area (Å²) in [5, 5.41) is 12.2. The number of rotatable bonds is 9. The molecule has 0 unspecified atom stereocenters. The molecular weight excluding hydrogens is 483 g/mol. The average molecular weight is 517 g/mol. The van der Waals surface area contributed by atoms with Crippen molar-refractivity contribution in [1.29, 1.82) is 5.26 Å². The van der Waals surface area contributed by atoms with Gasteiger partial charge in [-0.25, -0.2) is 9.37 Å². The Morgan fingerprint density at radius 2 is 1.74 bits per heavy atom. The average Bonchev–Trinajstić information content (AvgIpc) is 2.91. The molecule has 1 aromatic heterocycles. The number of amides is 1. The summed E-state index contributed by atoms with van der Waals surface area (Å²) in [4.78, 5) is 19.1. The van der Waals surface area contributed by atoms with Gasteiger partial charge < -0.3 is 14.8 Å². The molecule has 1 aliphatic rings. The molecule has 2 heterocycles. The minimum atomic E-state index is -0.287. The molecule has 0 atom stereocenters. The first kappa shape index (κ1) is 27.1. The zero-order valence-electron chi connectivity index (χ0n) is 22.1. The highest BCUT2D eigenvalue weighted by Crippen LogP contribution is 2.40. The SMILES string of the molecule is CCOc1cc(CN2CCC(NC(=O)c3cnc(C#N)c(C)c3)CC2)cc(OCC)c1-c1ccc(F)cc1. The van der Waals surface area contributed by atoms with Crippen LogP contribution >= 0.6 is 0 Å². The highest BCUT2D eigenvalue weighted by Gasteiger charge is 2.23. The van der Waals surface area contributed by atoms with E-state index in [2.05, 4.69) is 15.2 Å². The topological polar surface area (TPSA) is 87.5 Å². The van der Waals surface area contributed by atoms with Gasteiger partial charge in [-0.2, -0.15) is 5.26 Å². The van der Waals surface area contributed by atoms with Gasteiger partial charge in [0.25, 0.3) is 5.91 Å². The molecule has 8 heteroatoms. The van der Waals surface area contributed by atoms with E-state index >= 15 is 0 Å². The number of nitrogens with one attached hydrogen (secondary N) is 1. The maximum absolute atomic E-state index is 13.5. The monoisotopic (exact) mass is 516 g/mol. The standard InChI is InChI=1S/C30H33FN4O3/c1-4-37-27-15-21(16-28(38-5-2)29(27)22-6-8-24(31)9-7-22)19-35-12-10-25(11-13-35)34-30(36)23-14-20(3)26(17-32)33-18-23/h6-9,14-16,18,25H,4-5,10-13,19H2,1-3H3,(H,34,36). The van der Waals surface area contributed by atoms with Gasteiger partial charge >= 0.3 is 0 Å². The Morgan fingerprint density at radius 3 is 2.29 bits per heavy atom. The van der Waals surface area contributed by atoms with Crippen LogP contribution in [0, 0.1) is 24.1 Å². The van der Waals surface area contributed by atoms with Gasteiger partial charge in [0.05, 0.1) is 24.3 Å². The highest BCUT2D eigenvalue weighted by molar-refractivity contribution is 5.94. The normalized spacial score (nSPS) is 14.1. The van der Waals surface area contributed by atoms with Crippen LogP contribution in [0.2, 0.25) is 0 Å². The second kappa shape index (κ2) is 12.5. The number of benzene rings is 2. The Kier molecular flexibility index (Phi) is 8.93. The lowest BCUT2D eigenvalue weighted by molar-refractivity contribution is 0.0908. The summed E-state index contributed by atoms with van der Waals surface area (Å²) >= 11 is 0. The van der Waals surface area contributed by atoms with Crippen molar-refractivity contribution in [1.82, 2.24) is 15.2 Å². The molecule has 3 aromatic rings. The summed E-state index contributed by atoms with van der Waals surface area (Å²) in [5.41, 5.74) is 4.24. The molecule has 0 bridgehead atoms. The lowest BCUT2D eigenvalue weighted by Crippen LogP contribution is -2.44. The largest absolute Gasteiger partial charge is 0.493 e. The van der Waals surface area contributed by atoms with Gasteiger partial charge in [-0.05, 0) is 80.6 Å². The summed E-state index contributed by atoms with van der Waals surface area (Å²) in [7, 11) is 0. The second-order valence-corrected chi connectivity index (χ2v) is 9.37. The lowest BCUT2D eigenvalue weighted by atomic mass is 9.99. The lowest BCUT2D eigenvalue weighted by Gasteiger charge is -2.32. The number of hydrogen-bond donors (Lipinski definition) is 1. The van der Waals surface area contributed by atoms with Crippen LogP contribution in [-0.4, -0.2) is 48.1 Å². The van der Waals surface area contributed by atoms with Crippen LogP contribution in [0.5, 0.6) is 11.5 Å². The zero-order chi connectivity index (χ0) is 27.1. The molecule has 0 radical (unpaired) electrons. The summed E-state index contributed by atoms with van der Waals surface area (Å²) < 4.78 is 25.6. The first-order chi connectivity index (χ1) is 18.4. The third-order valence-electron chi connectivity index (χ3n) is 6.63. The van der Waals surface area contributed by atoms with Crippen molar-refractivity contribution < 1.29 is 18.7 Å². The molecule has 1 fully saturated rings. The van der Waals surface area contributed by atoms with E-state index < -0.39 is 0 Å². The van der Waals surface area contributed by atoms with E-state index in [0.29, 0.717) is 41.5 Å². The predicted octanol–water partition coefficient (Wildman–Crippen LogP) is 5.26. The van der Waals surface area contributed by atoms with Crippen LogP contribution in [0.4, 0.5) is 4.39 Å². The number of piperidine rings is 1. The maximum Gasteiger partial charge on any atom is 0.253 e. The van der Waals surface area contributed by atoms with Gasteiger partial charge in [0.2, 0.25) is 0 Å². The minimum absolute atomic E-state index is 0.0773. The molecule has 0 aliphatic carbocycles. The van der Waals surface area contributed by atoms with Crippen LogP contribution in [-0.2, 0) is 6.54 Å². The Morgan fingerprint density at radius 1 is 1.11 bits per heavy atom. The van der Waals surface area contributed by atoms with Gasteiger partial charge in [-0.15, -0.1) is 0 Å². The van der Waals surface area contributed by atoms with Crippen molar-refractivity contribution in [3.63, 3.8) is 0 Å². The van der Waals surface area contributed by atoms with E-state index in [1.54, 1.807) is 25.1 Å². The number of nitriles is 1. The quantitative estimate of drug-likeness (QED) is 0.418. The number of halogens is 1. The minimum Gasteiger partial charge on any atom is -0.493 e. The van der Waals surface area contributed by atoms with Crippen LogP contribution in [0.25, 0.3) is 11.1 Å². The Balaban J connectivity index is 1.43. The number of aromatic nitrogens is 1. The molecule has 0 saturated carbocycles. The number of pyridine rings is 1. The third kappa shape index (κ3) is 6.48. The van der Waals surface area contributed by atoms with Crippen molar-refractivity contribution in [3.05, 3.63) is 76.9 Å². The van der Waals surface area contributed by atoms with Crippen molar-refractivity contribution in [2.75, 3.05) is 26.3 Å². The van der Waals surface area contributed by atoms with Crippen LogP contribution in [0.1, 0.15) is 53.9 Å². The molecule has 2 aromatic carbocycles. The van der Waals surface area contributed by atoms with E-state index in [4.69, 9.17) is 14.7 Å². The molecule has 1 aliphatic heterocycles. The molecular formula is C30H33FN4O3. The molecule has 7 nitrogen and oxygen atoms in total. The summed E-state index contributed by atoms with van der Waals surface area (Å²) in [6, 6.07) is 14.3. The van der Waals surface area contributed by atoms with Gasteiger partial charge in [0.1, 0.15) is 29.1 Å². The first-order valence-corrected chi connectivity index (χ1v) is 13.0. The molecule has 1 amide bonds. The summed E-state index contributed by atoms with van der Waals surface area (Å²) in [6.45, 7) is 9.06. The Hall–Kier alpha value is -3.96. The molecule has 198 valence electrons. The number of hydrogen-bond acceptors (Lipinski definition) is 6. The van der Waals surface area contributed by atoms with Crippen LogP contribution < -0.4 is 14.8 Å². The molecule has 38 heavy (non-hydrogen) atoms. The Bertz CT molecular complexity index is 1290. The van der Waals surface area contributed by atoms with Gasteiger partial charge in [0, 0.05) is 31.9 Å². The maximum atomic E-state index is 13.5. The number of ether oxygens (including phenoxy) is 2. The first-order valence-electron chi connectivity index (χ1n) is 13.0. The van der Waals surface area contributed by atoms with Gasteiger partial charge in [-0.1, -0.05) is 12.1 Å². The van der Waals surface area contributed by atoms with Crippen LogP contribution in [0.15, 0.2) is 48.7 Å². The van der Waals surface area contributed by atoms with Crippen molar-refractivity contribution in [2.45, 2.75) is 46.2 Å². The van der Waals surface area contributed by atoms with Gasteiger partial charge in [-0.3, -0.25) is 9.69 Å². The number of carbonyl (C=O) groups is 1. The molecule has 1 N–H and O–H groups in total. The fourth-order valence-electron chi connectivity index (χ4n) is 4.75. The molecule has 0 spiro atoms.